The molecule has 0 bridgehead atoms. The van der Waals surface area contributed by atoms with Crippen LogP contribution in [-0.2, 0) is 24.6 Å². The lowest BCUT2D eigenvalue weighted by molar-refractivity contribution is -0.137. The van der Waals surface area contributed by atoms with E-state index >= 15 is 0 Å². The van der Waals surface area contributed by atoms with E-state index in [0.29, 0.717) is 18.1 Å². The zero-order valence-electron chi connectivity index (χ0n) is 15.0. The Balaban J connectivity index is 2.30. The molecule has 6 nitrogen and oxygen atoms in total. The van der Waals surface area contributed by atoms with Crippen molar-refractivity contribution in [3.8, 4) is 0 Å². The van der Waals surface area contributed by atoms with Crippen LogP contribution in [-0.4, -0.2) is 26.8 Å². The van der Waals surface area contributed by atoms with Crippen LogP contribution in [0.3, 0.4) is 0 Å². The Bertz CT molecular complexity index is 835. The van der Waals surface area contributed by atoms with Crippen LogP contribution in [0.5, 0.6) is 0 Å². The van der Waals surface area contributed by atoms with Gasteiger partial charge in [-0.3, -0.25) is 9.36 Å². The normalized spacial score (nSPS) is 11.8. The molecule has 0 spiro atoms. The molecule has 0 atom stereocenters. The number of anilines is 1. The monoisotopic (exact) mass is 370 g/mol. The minimum atomic E-state index is -4.44. The number of hydrogen-bond donors (Lipinski definition) is 0. The molecule has 0 saturated carbocycles. The van der Waals surface area contributed by atoms with Crippen molar-refractivity contribution in [2.75, 3.05) is 11.4 Å². The van der Waals surface area contributed by atoms with E-state index in [4.69, 9.17) is 0 Å². The fourth-order valence-corrected chi connectivity index (χ4v) is 2.46. The van der Waals surface area contributed by atoms with Gasteiger partial charge in [0.05, 0.1) is 5.56 Å². The van der Waals surface area contributed by atoms with Crippen LogP contribution in [0.2, 0.25) is 0 Å². The predicted octanol–water partition coefficient (Wildman–Crippen LogP) is 2.60. The van der Waals surface area contributed by atoms with Gasteiger partial charge in [-0.25, -0.2) is 9.48 Å². The smallest absolute Gasteiger partial charge is 0.311 e. The summed E-state index contributed by atoms with van der Waals surface area (Å²) in [5, 5.41) is 4.02. The van der Waals surface area contributed by atoms with E-state index in [0.717, 1.165) is 16.8 Å². The summed E-state index contributed by atoms with van der Waals surface area (Å²) in [5.74, 6) is 0.134. The van der Waals surface area contributed by atoms with Crippen LogP contribution < -0.4 is 10.6 Å². The molecule has 0 aliphatic carbocycles. The van der Waals surface area contributed by atoms with E-state index in [-0.39, 0.29) is 12.5 Å². The third-order valence-electron chi connectivity index (χ3n) is 3.90. The molecule has 0 aliphatic heterocycles. The quantitative estimate of drug-likeness (QED) is 0.813. The molecule has 1 amide bonds. The zero-order valence-corrected chi connectivity index (χ0v) is 15.0. The first-order chi connectivity index (χ1) is 12.0. The Kier molecular flexibility index (Phi) is 5.58. The average molecular weight is 370 g/mol. The minimum Gasteiger partial charge on any atom is -0.311 e. The van der Waals surface area contributed by atoms with Crippen molar-refractivity contribution in [1.29, 1.82) is 0 Å². The highest BCUT2D eigenvalue weighted by Crippen LogP contribution is 2.30. The first-order valence-corrected chi connectivity index (χ1v) is 8.08. The number of nitrogens with zero attached hydrogens (tertiary/aromatic N) is 4. The van der Waals surface area contributed by atoms with Crippen molar-refractivity contribution >= 4 is 11.6 Å². The van der Waals surface area contributed by atoms with Crippen LogP contribution in [0.1, 0.15) is 25.2 Å². The summed E-state index contributed by atoms with van der Waals surface area (Å²) >= 11 is 0. The molecule has 0 fully saturated rings. The van der Waals surface area contributed by atoms with Gasteiger partial charge in [-0.1, -0.05) is 13.8 Å². The molecule has 142 valence electrons. The number of carbonyl (C=O) groups is 1. The molecule has 0 radical (unpaired) electrons. The van der Waals surface area contributed by atoms with Gasteiger partial charge in [-0.2, -0.15) is 18.3 Å². The maximum absolute atomic E-state index is 12.7. The molecule has 0 saturated heterocycles. The second-order valence-electron chi connectivity index (χ2n) is 6.49. The Labute approximate surface area is 148 Å². The number of benzene rings is 1. The number of amides is 1. The summed E-state index contributed by atoms with van der Waals surface area (Å²) in [6.45, 7) is 5.45. The molecule has 2 aromatic rings. The molecule has 1 aromatic carbocycles. The first kappa shape index (κ1) is 19.7. The highest BCUT2D eigenvalue weighted by atomic mass is 19.4. The van der Waals surface area contributed by atoms with E-state index in [9.17, 15) is 22.8 Å². The Morgan fingerprint density at radius 1 is 1.23 bits per heavy atom. The lowest BCUT2D eigenvalue weighted by atomic mass is 10.1. The van der Waals surface area contributed by atoms with Crippen molar-refractivity contribution in [2.24, 2.45) is 13.0 Å². The van der Waals surface area contributed by atoms with Gasteiger partial charge in [0.2, 0.25) is 5.91 Å². The highest BCUT2D eigenvalue weighted by Gasteiger charge is 2.30. The molecule has 9 heteroatoms. The second-order valence-corrected chi connectivity index (χ2v) is 6.49. The zero-order chi connectivity index (χ0) is 19.6. The van der Waals surface area contributed by atoms with Crippen LogP contribution in [0, 0.1) is 12.8 Å². The van der Waals surface area contributed by atoms with Gasteiger partial charge in [0.1, 0.15) is 12.4 Å². The molecule has 0 N–H and O–H groups in total. The van der Waals surface area contributed by atoms with Crippen molar-refractivity contribution in [2.45, 2.75) is 33.5 Å². The van der Waals surface area contributed by atoms with Gasteiger partial charge >= 0.3 is 11.9 Å². The largest absolute Gasteiger partial charge is 0.416 e. The topological polar surface area (TPSA) is 60.1 Å². The summed E-state index contributed by atoms with van der Waals surface area (Å²) in [6.07, 6.45) is -4.44. The third-order valence-corrected chi connectivity index (χ3v) is 3.90. The summed E-state index contributed by atoms with van der Waals surface area (Å²) in [7, 11) is 1.55. The van der Waals surface area contributed by atoms with Crippen LogP contribution >= 0.6 is 0 Å². The number of hydrogen-bond acceptors (Lipinski definition) is 3. The van der Waals surface area contributed by atoms with E-state index in [2.05, 4.69) is 5.10 Å². The maximum Gasteiger partial charge on any atom is 0.416 e. The summed E-state index contributed by atoms with van der Waals surface area (Å²) in [6, 6.07) is 4.39. The number of alkyl halides is 3. The highest BCUT2D eigenvalue weighted by molar-refractivity contribution is 5.93. The standard InChI is InChI=1S/C17H21F3N4O2/c1-11(2)9-23(14-7-5-13(6-8-14)17(18,19)20)15(25)10-24-16(26)22(4)12(3)21-24/h5-8,11H,9-10H2,1-4H3. The van der Waals surface area contributed by atoms with E-state index in [1.807, 2.05) is 13.8 Å². The predicted molar refractivity (Wildman–Crippen MR) is 90.8 cm³/mol. The molecule has 0 aliphatic rings. The molecular formula is C17H21F3N4O2. The Hall–Kier alpha value is -2.58. The fraction of sp³-hybridized carbons (Fsp3) is 0.471. The van der Waals surface area contributed by atoms with E-state index < -0.39 is 23.3 Å². The summed E-state index contributed by atoms with van der Waals surface area (Å²) in [5.41, 5.74) is -0.861. The molecular weight excluding hydrogens is 349 g/mol. The van der Waals surface area contributed by atoms with Gasteiger partial charge in [-0.15, -0.1) is 0 Å². The van der Waals surface area contributed by atoms with E-state index in [1.54, 1.807) is 14.0 Å². The van der Waals surface area contributed by atoms with Crippen molar-refractivity contribution in [3.05, 3.63) is 46.1 Å². The summed E-state index contributed by atoms with van der Waals surface area (Å²) in [4.78, 5) is 26.1. The number of rotatable bonds is 5. The Morgan fingerprint density at radius 2 is 1.81 bits per heavy atom. The van der Waals surface area contributed by atoms with Gasteiger partial charge in [-0.05, 0) is 37.1 Å². The van der Waals surface area contributed by atoms with Crippen molar-refractivity contribution in [1.82, 2.24) is 14.3 Å². The number of aryl methyl sites for hydroxylation is 1. The summed E-state index contributed by atoms with van der Waals surface area (Å²) < 4.78 is 40.6. The molecule has 1 aromatic heterocycles. The molecule has 2 rings (SSSR count). The minimum absolute atomic E-state index is 0.0865. The number of halogens is 3. The fourth-order valence-electron chi connectivity index (χ4n) is 2.46. The lowest BCUT2D eigenvalue weighted by Crippen LogP contribution is -2.39. The van der Waals surface area contributed by atoms with Crippen molar-refractivity contribution in [3.63, 3.8) is 0 Å². The Morgan fingerprint density at radius 3 is 2.23 bits per heavy atom. The van der Waals surface area contributed by atoms with Crippen LogP contribution in [0.4, 0.5) is 18.9 Å². The van der Waals surface area contributed by atoms with Gasteiger partial charge in [0.15, 0.2) is 0 Å². The molecule has 26 heavy (non-hydrogen) atoms. The average Bonchev–Trinajstić information content (AvgIpc) is 2.79. The lowest BCUT2D eigenvalue weighted by Gasteiger charge is -2.25. The molecule has 1 heterocycles. The van der Waals surface area contributed by atoms with Gasteiger partial charge in [0, 0.05) is 19.3 Å². The van der Waals surface area contributed by atoms with E-state index in [1.165, 1.54) is 21.6 Å². The molecule has 0 unspecified atom stereocenters. The SMILES string of the molecule is Cc1nn(CC(=O)N(CC(C)C)c2ccc(C(F)(F)F)cc2)c(=O)n1C. The van der Waals surface area contributed by atoms with Crippen molar-refractivity contribution < 1.29 is 18.0 Å². The van der Waals surface area contributed by atoms with Crippen LogP contribution in [0.25, 0.3) is 0 Å². The van der Waals surface area contributed by atoms with Gasteiger partial charge in [0.25, 0.3) is 0 Å². The van der Waals surface area contributed by atoms with Gasteiger partial charge < -0.3 is 4.90 Å². The maximum atomic E-state index is 12.7. The second kappa shape index (κ2) is 7.35. The third kappa shape index (κ3) is 4.33. The number of carbonyl (C=O) groups excluding carboxylic acids is 1. The first-order valence-electron chi connectivity index (χ1n) is 8.08. The number of aromatic nitrogens is 3. The van der Waals surface area contributed by atoms with Crippen LogP contribution in [0.15, 0.2) is 29.1 Å².